The first kappa shape index (κ1) is 13.9. The zero-order chi connectivity index (χ0) is 14.6. The van der Waals surface area contributed by atoms with Crippen molar-refractivity contribution in [1.82, 2.24) is 5.43 Å². The molecule has 1 N–H and O–H groups in total. The third-order valence-corrected chi connectivity index (χ3v) is 2.38. The molecule has 2 aromatic rings. The molecule has 1 aromatic heterocycles. The molecule has 0 aliphatic rings. The van der Waals surface area contributed by atoms with Crippen molar-refractivity contribution in [2.24, 2.45) is 5.10 Å². The minimum atomic E-state index is -4.48. The first-order valence-corrected chi connectivity index (χ1v) is 5.51. The van der Waals surface area contributed by atoms with Gasteiger partial charge in [0.25, 0.3) is 0 Å². The summed E-state index contributed by atoms with van der Waals surface area (Å²) in [4.78, 5) is 11.4. The van der Waals surface area contributed by atoms with E-state index in [1.807, 2.05) is 0 Å². The highest BCUT2D eigenvalue weighted by atomic mass is 19.4. The van der Waals surface area contributed by atoms with E-state index in [1.165, 1.54) is 36.6 Å². The number of furan rings is 1. The zero-order valence-corrected chi connectivity index (χ0v) is 10.0. The van der Waals surface area contributed by atoms with E-state index in [1.54, 1.807) is 0 Å². The zero-order valence-electron chi connectivity index (χ0n) is 10.0. The Morgan fingerprint density at radius 2 is 1.95 bits per heavy atom. The van der Waals surface area contributed by atoms with Gasteiger partial charge in [-0.15, -0.1) is 0 Å². The lowest BCUT2D eigenvalue weighted by Crippen LogP contribution is -2.17. The molecule has 0 fully saturated rings. The van der Waals surface area contributed by atoms with Crippen LogP contribution in [-0.4, -0.2) is 12.1 Å². The van der Waals surface area contributed by atoms with E-state index in [9.17, 15) is 18.0 Å². The third-order valence-electron chi connectivity index (χ3n) is 2.38. The van der Waals surface area contributed by atoms with Crippen LogP contribution >= 0.6 is 0 Å². The highest BCUT2D eigenvalue weighted by molar-refractivity contribution is 5.92. The number of halogens is 3. The fourth-order valence-electron chi connectivity index (χ4n) is 1.49. The van der Waals surface area contributed by atoms with E-state index in [0.29, 0.717) is 0 Å². The van der Waals surface area contributed by atoms with Crippen LogP contribution in [0.1, 0.15) is 21.7 Å². The van der Waals surface area contributed by atoms with Gasteiger partial charge in [-0.25, -0.2) is 5.43 Å². The number of hydrazone groups is 1. The number of carbonyl (C=O) groups is 1. The largest absolute Gasteiger partial charge is 0.459 e. The first-order chi connectivity index (χ1) is 9.48. The monoisotopic (exact) mass is 282 g/mol. The van der Waals surface area contributed by atoms with Crippen LogP contribution < -0.4 is 5.43 Å². The number of nitrogens with zero attached hydrogens (tertiary/aromatic N) is 1. The molecule has 1 heterocycles. The van der Waals surface area contributed by atoms with Crippen molar-refractivity contribution >= 4 is 12.1 Å². The van der Waals surface area contributed by atoms with Crippen LogP contribution in [0.4, 0.5) is 13.2 Å². The molecule has 0 spiro atoms. The van der Waals surface area contributed by atoms with Crippen LogP contribution in [-0.2, 0) is 6.18 Å². The number of rotatable bonds is 3. The highest BCUT2D eigenvalue weighted by Crippen LogP contribution is 2.30. The average molecular weight is 282 g/mol. The topological polar surface area (TPSA) is 54.6 Å². The minimum absolute atomic E-state index is 0.0197. The lowest BCUT2D eigenvalue weighted by atomic mass is 10.1. The number of amides is 1. The number of hydrogen-bond acceptors (Lipinski definition) is 3. The molecule has 0 saturated heterocycles. The molecule has 104 valence electrons. The normalized spacial score (nSPS) is 11.8. The van der Waals surface area contributed by atoms with Crippen LogP contribution in [0, 0.1) is 0 Å². The molecule has 0 saturated carbocycles. The number of hydrogen-bond donors (Lipinski definition) is 1. The molecule has 0 bridgehead atoms. The van der Waals surface area contributed by atoms with Gasteiger partial charge in [0.15, 0.2) is 5.76 Å². The maximum absolute atomic E-state index is 12.7. The molecular formula is C13H9F3N2O2. The van der Waals surface area contributed by atoms with Crippen LogP contribution in [0.3, 0.4) is 0 Å². The van der Waals surface area contributed by atoms with Gasteiger partial charge < -0.3 is 4.42 Å². The Hall–Kier alpha value is -2.57. The Bertz CT molecular complexity index is 619. The van der Waals surface area contributed by atoms with Crippen molar-refractivity contribution in [2.75, 3.05) is 0 Å². The Labute approximate surface area is 111 Å². The van der Waals surface area contributed by atoms with Crippen LogP contribution in [0.15, 0.2) is 52.2 Å². The summed E-state index contributed by atoms with van der Waals surface area (Å²) in [5.41, 5.74) is 1.12. The second-order valence-electron chi connectivity index (χ2n) is 3.76. The predicted octanol–water partition coefficient (Wildman–Crippen LogP) is 3.06. The Kier molecular flexibility index (Phi) is 3.88. The summed E-state index contributed by atoms with van der Waals surface area (Å²) >= 11 is 0. The number of nitrogens with one attached hydrogen (secondary N) is 1. The van der Waals surface area contributed by atoms with E-state index in [4.69, 9.17) is 4.42 Å². The molecule has 20 heavy (non-hydrogen) atoms. The molecule has 1 amide bonds. The predicted molar refractivity (Wildman–Crippen MR) is 65.2 cm³/mol. The van der Waals surface area contributed by atoms with Gasteiger partial charge in [-0.1, -0.05) is 18.2 Å². The lowest BCUT2D eigenvalue weighted by Gasteiger charge is -2.08. The van der Waals surface area contributed by atoms with Crippen molar-refractivity contribution < 1.29 is 22.4 Å². The summed E-state index contributed by atoms with van der Waals surface area (Å²) in [6, 6.07) is 7.85. The summed E-state index contributed by atoms with van der Waals surface area (Å²) in [6.45, 7) is 0. The first-order valence-electron chi connectivity index (χ1n) is 5.51. The standard InChI is InChI=1S/C13H9F3N2O2/c14-13(15,16)10-5-2-1-4-9(10)8-17-18-12(19)11-6-3-7-20-11/h1-8H,(H,18,19)/b17-8+. The molecule has 0 unspecified atom stereocenters. The average Bonchev–Trinajstić information content (AvgIpc) is 2.92. The fraction of sp³-hybridized carbons (Fsp3) is 0.0769. The highest BCUT2D eigenvalue weighted by Gasteiger charge is 2.32. The summed E-state index contributed by atoms with van der Waals surface area (Å²) in [5.74, 6) is -0.623. The van der Waals surface area contributed by atoms with Gasteiger partial charge in [-0.05, 0) is 18.2 Å². The number of carbonyl (C=O) groups excluding carboxylic acids is 1. The lowest BCUT2D eigenvalue weighted by molar-refractivity contribution is -0.137. The van der Waals surface area contributed by atoms with E-state index in [0.717, 1.165) is 12.3 Å². The van der Waals surface area contributed by atoms with Crippen molar-refractivity contribution in [2.45, 2.75) is 6.18 Å². The molecule has 0 aliphatic carbocycles. The van der Waals surface area contributed by atoms with Crippen molar-refractivity contribution in [3.8, 4) is 0 Å². The summed E-state index contributed by atoms with van der Waals surface area (Å²) in [7, 11) is 0. The molecule has 7 heteroatoms. The van der Waals surface area contributed by atoms with Gasteiger partial charge in [-0.2, -0.15) is 18.3 Å². The summed E-state index contributed by atoms with van der Waals surface area (Å²) in [6.07, 6.45) is -2.24. The number of benzene rings is 1. The van der Waals surface area contributed by atoms with Gasteiger partial charge in [-0.3, -0.25) is 4.79 Å². The smallest absolute Gasteiger partial charge is 0.417 e. The fourth-order valence-corrected chi connectivity index (χ4v) is 1.49. The molecule has 1 aromatic carbocycles. The summed E-state index contributed by atoms with van der Waals surface area (Å²) in [5, 5.41) is 3.49. The third kappa shape index (κ3) is 3.25. The molecule has 0 aliphatic heterocycles. The van der Waals surface area contributed by atoms with Crippen LogP contribution in [0.5, 0.6) is 0 Å². The summed E-state index contributed by atoms with van der Waals surface area (Å²) < 4.78 is 42.9. The van der Waals surface area contributed by atoms with Gasteiger partial charge in [0.1, 0.15) is 0 Å². The molecule has 4 nitrogen and oxygen atoms in total. The van der Waals surface area contributed by atoms with Crippen LogP contribution in [0.2, 0.25) is 0 Å². The molecular weight excluding hydrogens is 273 g/mol. The Morgan fingerprint density at radius 1 is 1.20 bits per heavy atom. The Morgan fingerprint density at radius 3 is 2.60 bits per heavy atom. The molecule has 0 radical (unpaired) electrons. The van der Waals surface area contributed by atoms with E-state index in [2.05, 4.69) is 10.5 Å². The van der Waals surface area contributed by atoms with Crippen molar-refractivity contribution in [1.29, 1.82) is 0 Å². The molecule has 2 rings (SSSR count). The second-order valence-corrected chi connectivity index (χ2v) is 3.76. The van der Waals surface area contributed by atoms with E-state index < -0.39 is 17.6 Å². The second kappa shape index (κ2) is 5.60. The Balaban J connectivity index is 2.11. The quantitative estimate of drug-likeness (QED) is 0.694. The van der Waals surface area contributed by atoms with E-state index in [-0.39, 0.29) is 11.3 Å². The maximum atomic E-state index is 12.7. The van der Waals surface area contributed by atoms with Crippen molar-refractivity contribution in [3.63, 3.8) is 0 Å². The van der Waals surface area contributed by atoms with Crippen LogP contribution in [0.25, 0.3) is 0 Å². The van der Waals surface area contributed by atoms with Gasteiger partial charge in [0.05, 0.1) is 18.0 Å². The van der Waals surface area contributed by atoms with Gasteiger partial charge in [0.2, 0.25) is 0 Å². The van der Waals surface area contributed by atoms with Crippen molar-refractivity contribution in [3.05, 3.63) is 59.5 Å². The number of alkyl halides is 3. The van der Waals surface area contributed by atoms with Gasteiger partial charge in [0, 0.05) is 5.56 Å². The maximum Gasteiger partial charge on any atom is 0.417 e. The van der Waals surface area contributed by atoms with E-state index >= 15 is 0 Å². The SMILES string of the molecule is O=C(N/N=C/c1ccccc1C(F)(F)F)c1ccco1. The van der Waals surface area contributed by atoms with Gasteiger partial charge >= 0.3 is 12.1 Å². The molecule has 0 atom stereocenters. The minimum Gasteiger partial charge on any atom is -0.459 e.